The number of benzene rings is 1. The lowest BCUT2D eigenvalue weighted by atomic mass is 10.0. The van der Waals surface area contributed by atoms with E-state index in [4.69, 9.17) is 5.11 Å². The highest BCUT2D eigenvalue weighted by atomic mass is 16.4. The minimum Gasteiger partial charge on any atom is -0.480 e. The first-order chi connectivity index (χ1) is 9.58. The average Bonchev–Trinajstić information content (AvgIpc) is 2.91. The summed E-state index contributed by atoms with van der Waals surface area (Å²) in [6.45, 7) is 0. The maximum absolute atomic E-state index is 11.3. The molecular formula is C14H14N2O4. The third-order valence-corrected chi connectivity index (χ3v) is 2.88. The van der Waals surface area contributed by atoms with Gasteiger partial charge < -0.3 is 15.6 Å². The molecule has 0 fully saturated rings. The summed E-state index contributed by atoms with van der Waals surface area (Å²) in [5.41, 5.74) is 3.39. The van der Waals surface area contributed by atoms with Gasteiger partial charge in [-0.1, -0.05) is 18.2 Å². The molecule has 0 aliphatic carbocycles. The van der Waals surface area contributed by atoms with Crippen molar-refractivity contribution in [2.75, 3.05) is 5.43 Å². The summed E-state index contributed by atoms with van der Waals surface area (Å²) < 4.78 is 1.53. The number of aliphatic carboxylic acids is 1. The number of carboxylic acid groups (broad SMARTS) is 2. The van der Waals surface area contributed by atoms with Crippen molar-refractivity contribution in [2.45, 2.75) is 12.5 Å². The van der Waals surface area contributed by atoms with Gasteiger partial charge in [0.25, 0.3) is 0 Å². The van der Waals surface area contributed by atoms with Gasteiger partial charge in [-0.3, -0.25) is 4.68 Å². The molecule has 0 amide bonds. The summed E-state index contributed by atoms with van der Waals surface area (Å²) in [4.78, 5) is 22.4. The predicted octanol–water partition coefficient (Wildman–Crippen LogP) is 1.43. The molecule has 104 valence electrons. The molecule has 0 aliphatic rings. The van der Waals surface area contributed by atoms with Gasteiger partial charge in [0.05, 0.1) is 5.56 Å². The van der Waals surface area contributed by atoms with Crippen molar-refractivity contribution in [3.8, 4) is 0 Å². The van der Waals surface area contributed by atoms with Crippen molar-refractivity contribution in [2.24, 2.45) is 0 Å². The first-order valence-corrected chi connectivity index (χ1v) is 6.01. The summed E-state index contributed by atoms with van der Waals surface area (Å²) in [5, 5.41) is 18.3. The summed E-state index contributed by atoms with van der Waals surface area (Å²) in [6.07, 6.45) is 3.44. The van der Waals surface area contributed by atoms with E-state index < -0.39 is 18.0 Å². The molecule has 0 bridgehead atoms. The van der Waals surface area contributed by atoms with Crippen LogP contribution in [0.3, 0.4) is 0 Å². The Bertz CT molecular complexity index is 607. The Morgan fingerprint density at radius 1 is 1.10 bits per heavy atom. The molecule has 3 N–H and O–H groups in total. The highest BCUT2D eigenvalue weighted by Crippen LogP contribution is 2.12. The van der Waals surface area contributed by atoms with Crippen LogP contribution < -0.4 is 5.43 Å². The normalized spacial score (nSPS) is 11.8. The number of carboxylic acids is 2. The highest BCUT2D eigenvalue weighted by Gasteiger charge is 2.20. The summed E-state index contributed by atoms with van der Waals surface area (Å²) in [5.74, 6) is -2.11. The van der Waals surface area contributed by atoms with Crippen molar-refractivity contribution < 1.29 is 19.8 Å². The van der Waals surface area contributed by atoms with Crippen LogP contribution in [0.4, 0.5) is 0 Å². The zero-order chi connectivity index (χ0) is 14.5. The van der Waals surface area contributed by atoms with E-state index in [2.05, 4.69) is 5.43 Å². The molecule has 1 aromatic heterocycles. The Balaban J connectivity index is 2.20. The molecule has 1 aromatic carbocycles. The predicted molar refractivity (Wildman–Crippen MR) is 72.3 cm³/mol. The van der Waals surface area contributed by atoms with E-state index in [-0.39, 0.29) is 12.0 Å². The molecule has 20 heavy (non-hydrogen) atoms. The Hall–Kier alpha value is -2.76. The van der Waals surface area contributed by atoms with E-state index >= 15 is 0 Å². The largest absolute Gasteiger partial charge is 0.480 e. The second-order valence-electron chi connectivity index (χ2n) is 4.28. The van der Waals surface area contributed by atoms with Gasteiger partial charge in [0, 0.05) is 18.8 Å². The summed E-state index contributed by atoms with van der Waals surface area (Å²) in [6, 6.07) is 9.00. The molecular weight excluding hydrogens is 260 g/mol. The van der Waals surface area contributed by atoms with Crippen LogP contribution in [-0.2, 0) is 11.2 Å². The van der Waals surface area contributed by atoms with Gasteiger partial charge in [0.1, 0.15) is 6.04 Å². The van der Waals surface area contributed by atoms with Crippen LogP contribution in [0.5, 0.6) is 0 Å². The zero-order valence-corrected chi connectivity index (χ0v) is 10.6. The quantitative estimate of drug-likeness (QED) is 0.741. The molecule has 0 spiro atoms. The highest BCUT2D eigenvalue weighted by molar-refractivity contribution is 5.89. The number of aromatic nitrogens is 1. The second kappa shape index (κ2) is 5.92. The average molecular weight is 274 g/mol. The van der Waals surface area contributed by atoms with Crippen LogP contribution >= 0.6 is 0 Å². The van der Waals surface area contributed by atoms with Crippen molar-refractivity contribution in [3.05, 3.63) is 59.9 Å². The molecule has 6 heteroatoms. The fourth-order valence-electron chi connectivity index (χ4n) is 1.92. The molecule has 2 rings (SSSR count). The van der Waals surface area contributed by atoms with E-state index in [9.17, 15) is 14.7 Å². The first kappa shape index (κ1) is 13.7. The number of aromatic carboxylic acids is 1. The van der Waals surface area contributed by atoms with Crippen molar-refractivity contribution in [3.63, 3.8) is 0 Å². The second-order valence-corrected chi connectivity index (χ2v) is 4.28. The fourth-order valence-corrected chi connectivity index (χ4v) is 1.92. The third kappa shape index (κ3) is 3.17. The van der Waals surface area contributed by atoms with Gasteiger partial charge in [-0.2, -0.15) is 0 Å². The van der Waals surface area contributed by atoms with E-state index in [1.807, 2.05) is 0 Å². The number of hydrogen-bond donors (Lipinski definition) is 3. The molecule has 2 aromatic rings. The molecule has 0 aliphatic heterocycles. The third-order valence-electron chi connectivity index (χ3n) is 2.88. The smallest absolute Gasteiger partial charge is 0.335 e. The first-order valence-electron chi connectivity index (χ1n) is 6.01. The van der Waals surface area contributed by atoms with Gasteiger partial charge in [-0.15, -0.1) is 0 Å². The molecule has 6 nitrogen and oxygen atoms in total. The van der Waals surface area contributed by atoms with E-state index in [0.29, 0.717) is 5.56 Å². The van der Waals surface area contributed by atoms with Crippen LogP contribution in [0.1, 0.15) is 15.9 Å². The van der Waals surface area contributed by atoms with Crippen LogP contribution in [0.15, 0.2) is 48.8 Å². The van der Waals surface area contributed by atoms with Crippen LogP contribution in [0, 0.1) is 0 Å². The molecule has 1 atom stereocenters. The van der Waals surface area contributed by atoms with Gasteiger partial charge in [-0.05, 0) is 23.8 Å². The summed E-state index contributed by atoms with van der Waals surface area (Å²) >= 11 is 0. The minimum atomic E-state index is -1.06. The SMILES string of the molecule is O=C(O)c1ccccc1C[C@H](Nn1cccc1)C(=O)O. The van der Waals surface area contributed by atoms with Gasteiger partial charge >= 0.3 is 11.9 Å². The van der Waals surface area contributed by atoms with Crippen LogP contribution in [-0.4, -0.2) is 32.9 Å². The Kier molecular flexibility index (Phi) is 4.05. The standard InChI is InChI=1S/C14H14N2O4/c17-13(18)11-6-2-1-5-10(11)9-12(14(19)20)15-16-7-3-4-8-16/h1-8,12,15H,9H2,(H,17,18)(H,19,20)/t12-/m0/s1. The molecule has 1 heterocycles. The van der Waals surface area contributed by atoms with Crippen LogP contribution in [0.2, 0.25) is 0 Å². The van der Waals surface area contributed by atoms with Crippen molar-refractivity contribution >= 4 is 11.9 Å². The Labute approximate surface area is 115 Å². The van der Waals surface area contributed by atoms with Crippen molar-refractivity contribution in [1.82, 2.24) is 4.68 Å². The topological polar surface area (TPSA) is 91.6 Å². The lowest BCUT2D eigenvalue weighted by Crippen LogP contribution is -2.36. The van der Waals surface area contributed by atoms with Crippen molar-refractivity contribution in [1.29, 1.82) is 0 Å². The Morgan fingerprint density at radius 2 is 1.75 bits per heavy atom. The van der Waals surface area contributed by atoms with E-state index in [0.717, 1.165) is 0 Å². The maximum Gasteiger partial charge on any atom is 0.335 e. The minimum absolute atomic E-state index is 0.0794. The van der Waals surface area contributed by atoms with Gasteiger partial charge in [0.2, 0.25) is 0 Å². The van der Waals surface area contributed by atoms with Gasteiger partial charge in [-0.25, -0.2) is 9.59 Å². The summed E-state index contributed by atoms with van der Waals surface area (Å²) in [7, 11) is 0. The molecule has 0 saturated heterocycles. The molecule has 0 radical (unpaired) electrons. The lowest BCUT2D eigenvalue weighted by Gasteiger charge is -2.17. The number of rotatable bonds is 6. The number of hydrogen-bond acceptors (Lipinski definition) is 3. The Morgan fingerprint density at radius 3 is 2.35 bits per heavy atom. The monoisotopic (exact) mass is 274 g/mol. The number of carbonyl (C=O) groups is 2. The zero-order valence-electron chi connectivity index (χ0n) is 10.6. The fraction of sp³-hybridized carbons (Fsp3) is 0.143. The van der Waals surface area contributed by atoms with Crippen LogP contribution in [0.25, 0.3) is 0 Å². The lowest BCUT2D eigenvalue weighted by molar-refractivity contribution is -0.138. The van der Waals surface area contributed by atoms with E-state index in [1.165, 1.54) is 10.7 Å². The molecule has 0 saturated carbocycles. The maximum atomic E-state index is 11.3. The molecule has 0 unspecified atom stereocenters. The number of nitrogens with zero attached hydrogens (tertiary/aromatic N) is 1. The number of nitrogens with one attached hydrogen (secondary N) is 1. The van der Waals surface area contributed by atoms with E-state index in [1.54, 1.807) is 42.7 Å². The van der Waals surface area contributed by atoms with Gasteiger partial charge in [0.15, 0.2) is 0 Å².